The number of carbonyl (C=O) groups is 2. The molecule has 2 rings (SSSR count). The zero-order valence-corrected chi connectivity index (χ0v) is 12.7. The van der Waals surface area contributed by atoms with Gasteiger partial charge in [-0.1, -0.05) is 34.8 Å². The zero-order chi connectivity index (χ0) is 15.6. The molecular formula is C13H9Cl3N2O3. The van der Waals surface area contributed by atoms with Crippen LogP contribution in [0.2, 0.25) is 15.1 Å². The van der Waals surface area contributed by atoms with E-state index in [0.29, 0.717) is 5.02 Å². The number of halogens is 3. The lowest BCUT2D eigenvalue weighted by Gasteiger charge is -2.11. The summed E-state index contributed by atoms with van der Waals surface area (Å²) < 4.78 is 1.30. The maximum atomic E-state index is 12.2. The van der Waals surface area contributed by atoms with Crippen molar-refractivity contribution < 1.29 is 14.7 Å². The van der Waals surface area contributed by atoms with E-state index in [4.69, 9.17) is 39.9 Å². The van der Waals surface area contributed by atoms with Crippen LogP contribution in [-0.4, -0.2) is 21.6 Å². The van der Waals surface area contributed by atoms with E-state index >= 15 is 0 Å². The highest BCUT2D eigenvalue weighted by atomic mass is 35.5. The number of hydrogen-bond donors (Lipinski definition) is 2. The molecule has 1 amide bonds. The summed E-state index contributed by atoms with van der Waals surface area (Å²) >= 11 is 17.7. The van der Waals surface area contributed by atoms with E-state index in [1.54, 1.807) is 6.07 Å². The summed E-state index contributed by atoms with van der Waals surface area (Å²) in [6.45, 7) is -0.322. The normalized spacial score (nSPS) is 10.4. The minimum atomic E-state index is -1.05. The summed E-state index contributed by atoms with van der Waals surface area (Å²) in [4.78, 5) is 22.9. The molecular weight excluding hydrogens is 339 g/mol. The van der Waals surface area contributed by atoms with Gasteiger partial charge in [0.2, 0.25) is 0 Å². The third kappa shape index (κ3) is 3.69. The molecule has 0 aliphatic carbocycles. The van der Waals surface area contributed by atoms with E-state index in [0.717, 1.165) is 0 Å². The van der Waals surface area contributed by atoms with Crippen LogP contribution in [0.4, 0.5) is 5.69 Å². The molecule has 1 heterocycles. The molecule has 0 aliphatic rings. The first-order chi connectivity index (χ1) is 9.88. The lowest BCUT2D eigenvalue weighted by atomic mass is 10.3. The van der Waals surface area contributed by atoms with Crippen molar-refractivity contribution in [1.82, 2.24) is 4.57 Å². The molecule has 8 heteroatoms. The molecule has 21 heavy (non-hydrogen) atoms. The smallest absolute Gasteiger partial charge is 0.323 e. The fourth-order valence-corrected chi connectivity index (χ4v) is 2.65. The van der Waals surface area contributed by atoms with Crippen molar-refractivity contribution >= 4 is 52.4 Å². The lowest BCUT2D eigenvalue weighted by Crippen LogP contribution is -2.19. The van der Waals surface area contributed by atoms with Crippen molar-refractivity contribution in [3.63, 3.8) is 0 Å². The van der Waals surface area contributed by atoms with Gasteiger partial charge in [0, 0.05) is 11.2 Å². The third-order valence-electron chi connectivity index (χ3n) is 2.61. The number of benzene rings is 1. The van der Waals surface area contributed by atoms with E-state index in [9.17, 15) is 9.59 Å². The van der Waals surface area contributed by atoms with Crippen molar-refractivity contribution in [3.05, 3.63) is 51.2 Å². The van der Waals surface area contributed by atoms with Gasteiger partial charge in [-0.05, 0) is 24.3 Å². The quantitative estimate of drug-likeness (QED) is 0.884. The first-order valence-electron chi connectivity index (χ1n) is 5.71. The van der Waals surface area contributed by atoms with E-state index in [1.807, 2.05) is 0 Å². The van der Waals surface area contributed by atoms with Crippen molar-refractivity contribution in [2.45, 2.75) is 6.54 Å². The molecule has 0 bridgehead atoms. The summed E-state index contributed by atoms with van der Waals surface area (Å²) in [5.41, 5.74) is 0.398. The number of anilines is 1. The van der Waals surface area contributed by atoms with Gasteiger partial charge in [0.25, 0.3) is 5.91 Å². The van der Waals surface area contributed by atoms with Gasteiger partial charge >= 0.3 is 5.97 Å². The Kier molecular flexibility index (Phi) is 4.77. The SMILES string of the molecule is O=C(O)Cn1cccc1C(=O)Nc1c(Cl)cc(Cl)cc1Cl. The largest absolute Gasteiger partial charge is 0.480 e. The van der Waals surface area contributed by atoms with Gasteiger partial charge in [-0.15, -0.1) is 0 Å². The topological polar surface area (TPSA) is 71.3 Å². The lowest BCUT2D eigenvalue weighted by molar-refractivity contribution is -0.137. The van der Waals surface area contributed by atoms with Crippen LogP contribution in [0.25, 0.3) is 0 Å². The highest BCUT2D eigenvalue weighted by Gasteiger charge is 2.16. The second kappa shape index (κ2) is 6.39. The van der Waals surface area contributed by atoms with Crippen LogP contribution >= 0.6 is 34.8 Å². The second-order valence-electron chi connectivity index (χ2n) is 4.11. The standard InChI is InChI=1S/C13H9Cl3N2O3/c14-7-4-8(15)12(9(16)5-7)17-13(21)10-2-1-3-18(10)6-11(19)20/h1-5H,6H2,(H,17,21)(H,19,20). The molecule has 0 aliphatic heterocycles. The van der Waals surface area contributed by atoms with E-state index in [-0.39, 0.29) is 28.0 Å². The first kappa shape index (κ1) is 15.7. The predicted octanol–water partition coefficient (Wildman–Crippen LogP) is 3.79. The molecule has 5 nitrogen and oxygen atoms in total. The fourth-order valence-electron chi connectivity index (χ4n) is 1.74. The van der Waals surface area contributed by atoms with Crippen LogP contribution in [0.3, 0.4) is 0 Å². The number of amides is 1. The fraction of sp³-hybridized carbons (Fsp3) is 0.0769. The average Bonchev–Trinajstić information content (AvgIpc) is 2.80. The van der Waals surface area contributed by atoms with Gasteiger partial charge in [-0.3, -0.25) is 9.59 Å². The number of nitrogens with one attached hydrogen (secondary N) is 1. The van der Waals surface area contributed by atoms with Crippen LogP contribution in [-0.2, 0) is 11.3 Å². The minimum Gasteiger partial charge on any atom is -0.480 e. The molecule has 2 aromatic rings. The number of aromatic nitrogens is 1. The third-order valence-corrected chi connectivity index (χ3v) is 3.43. The van der Waals surface area contributed by atoms with Crippen LogP contribution in [0, 0.1) is 0 Å². The monoisotopic (exact) mass is 346 g/mol. The van der Waals surface area contributed by atoms with E-state index in [2.05, 4.69) is 5.32 Å². The first-order valence-corrected chi connectivity index (χ1v) is 6.84. The highest BCUT2D eigenvalue weighted by Crippen LogP contribution is 2.33. The summed E-state index contributed by atoms with van der Waals surface area (Å²) in [7, 11) is 0. The Hall–Kier alpha value is -1.69. The predicted molar refractivity (Wildman–Crippen MR) is 81.5 cm³/mol. The summed E-state index contributed by atoms with van der Waals surface area (Å²) in [6.07, 6.45) is 1.49. The number of rotatable bonds is 4. The van der Waals surface area contributed by atoms with Gasteiger partial charge in [0.05, 0.1) is 15.7 Å². The number of carbonyl (C=O) groups excluding carboxylic acids is 1. The van der Waals surface area contributed by atoms with Crippen LogP contribution in [0.5, 0.6) is 0 Å². The van der Waals surface area contributed by atoms with Crippen LogP contribution in [0.1, 0.15) is 10.5 Å². The molecule has 0 fully saturated rings. The Morgan fingerprint density at radius 3 is 2.38 bits per heavy atom. The van der Waals surface area contributed by atoms with E-state index < -0.39 is 11.9 Å². The highest BCUT2D eigenvalue weighted by molar-refractivity contribution is 6.42. The second-order valence-corrected chi connectivity index (χ2v) is 5.36. The summed E-state index contributed by atoms with van der Waals surface area (Å²) in [5, 5.41) is 12.1. The van der Waals surface area contributed by atoms with Crippen molar-refractivity contribution in [2.75, 3.05) is 5.32 Å². The number of hydrogen-bond acceptors (Lipinski definition) is 2. The Labute approximate surface area is 135 Å². The van der Waals surface area contributed by atoms with Crippen molar-refractivity contribution in [1.29, 1.82) is 0 Å². The van der Waals surface area contributed by atoms with Crippen molar-refractivity contribution in [3.8, 4) is 0 Å². The number of aliphatic carboxylic acids is 1. The van der Waals surface area contributed by atoms with Gasteiger partial charge in [0.15, 0.2) is 0 Å². The Morgan fingerprint density at radius 1 is 1.19 bits per heavy atom. The summed E-state index contributed by atoms with van der Waals surface area (Å²) in [5.74, 6) is -1.57. The van der Waals surface area contributed by atoms with Crippen LogP contribution < -0.4 is 5.32 Å². The molecule has 0 saturated heterocycles. The summed E-state index contributed by atoms with van der Waals surface area (Å²) in [6, 6.07) is 5.96. The number of carboxylic acids is 1. The Morgan fingerprint density at radius 2 is 1.81 bits per heavy atom. The molecule has 0 saturated carbocycles. The van der Waals surface area contributed by atoms with Gasteiger partial charge in [0.1, 0.15) is 12.2 Å². The van der Waals surface area contributed by atoms with Crippen LogP contribution in [0.15, 0.2) is 30.5 Å². The maximum absolute atomic E-state index is 12.2. The average molecular weight is 348 g/mol. The molecule has 1 aromatic heterocycles. The molecule has 0 unspecified atom stereocenters. The molecule has 0 radical (unpaired) electrons. The minimum absolute atomic E-state index is 0.180. The molecule has 0 atom stereocenters. The molecule has 1 aromatic carbocycles. The van der Waals surface area contributed by atoms with Gasteiger partial charge in [-0.2, -0.15) is 0 Å². The molecule has 0 spiro atoms. The Balaban J connectivity index is 2.27. The number of carboxylic acid groups (broad SMARTS) is 1. The molecule has 110 valence electrons. The Bertz CT molecular complexity index is 689. The van der Waals surface area contributed by atoms with Crippen molar-refractivity contribution in [2.24, 2.45) is 0 Å². The number of nitrogens with zero attached hydrogens (tertiary/aromatic N) is 1. The van der Waals surface area contributed by atoms with Gasteiger partial charge < -0.3 is 15.0 Å². The molecule has 2 N–H and O–H groups in total. The van der Waals surface area contributed by atoms with Gasteiger partial charge in [-0.25, -0.2) is 0 Å². The zero-order valence-electron chi connectivity index (χ0n) is 10.4. The maximum Gasteiger partial charge on any atom is 0.323 e. The van der Waals surface area contributed by atoms with E-state index in [1.165, 1.54) is 29.0 Å².